The topological polar surface area (TPSA) is 46.3 Å². The first-order valence-corrected chi connectivity index (χ1v) is 5.08. The van der Waals surface area contributed by atoms with E-state index in [4.69, 9.17) is 4.42 Å². The number of halogens is 1. The van der Waals surface area contributed by atoms with Gasteiger partial charge >= 0.3 is 0 Å². The van der Waals surface area contributed by atoms with Crippen LogP contribution >= 0.6 is 0 Å². The van der Waals surface area contributed by atoms with E-state index in [1.165, 1.54) is 18.2 Å². The molecule has 0 saturated heterocycles. The number of oxazole rings is 1. The van der Waals surface area contributed by atoms with Gasteiger partial charge in [-0.1, -0.05) is 12.1 Å². The third kappa shape index (κ3) is 1.63. The highest BCUT2D eigenvalue weighted by molar-refractivity contribution is 5.81. The number of hydrogen-bond acceptors (Lipinski definition) is 3. The zero-order valence-electron chi connectivity index (χ0n) is 8.72. The van der Waals surface area contributed by atoms with E-state index in [9.17, 15) is 9.50 Å². The Kier molecular flexibility index (Phi) is 2.08. The van der Waals surface area contributed by atoms with Gasteiger partial charge in [0.05, 0.1) is 0 Å². The SMILES string of the molecule is Oc1cccc2nc(-c3cccc(F)c3)oc12. The minimum absolute atomic E-state index is 0.0256. The number of hydrogen-bond donors (Lipinski definition) is 1. The highest BCUT2D eigenvalue weighted by Crippen LogP contribution is 2.29. The van der Waals surface area contributed by atoms with Crippen molar-refractivity contribution < 1.29 is 13.9 Å². The fourth-order valence-electron chi connectivity index (χ4n) is 1.68. The summed E-state index contributed by atoms with van der Waals surface area (Å²) in [6.45, 7) is 0. The van der Waals surface area contributed by atoms with Crippen LogP contribution in [-0.4, -0.2) is 10.1 Å². The number of aromatic hydroxyl groups is 1. The normalized spacial score (nSPS) is 10.9. The number of rotatable bonds is 1. The molecule has 1 aromatic heterocycles. The summed E-state index contributed by atoms with van der Waals surface area (Å²) in [6, 6.07) is 10.9. The van der Waals surface area contributed by atoms with Gasteiger partial charge in [0, 0.05) is 5.56 Å². The Labute approximate surface area is 96.1 Å². The molecule has 3 aromatic rings. The first-order valence-electron chi connectivity index (χ1n) is 5.08. The van der Waals surface area contributed by atoms with Crippen LogP contribution in [0.25, 0.3) is 22.6 Å². The molecule has 2 aromatic carbocycles. The van der Waals surface area contributed by atoms with Crippen molar-refractivity contribution in [2.75, 3.05) is 0 Å². The molecule has 0 bridgehead atoms. The van der Waals surface area contributed by atoms with Crippen LogP contribution in [-0.2, 0) is 0 Å². The molecule has 0 unspecified atom stereocenters. The fraction of sp³-hybridized carbons (Fsp3) is 0. The summed E-state index contributed by atoms with van der Waals surface area (Å²) in [6.07, 6.45) is 0. The lowest BCUT2D eigenvalue weighted by atomic mass is 10.2. The molecule has 3 rings (SSSR count). The molecular formula is C13H8FNO2. The summed E-state index contributed by atoms with van der Waals surface area (Å²) in [5, 5.41) is 9.58. The zero-order valence-corrected chi connectivity index (χ0v) is 8.72. The lowest BCUT2D eigenvalue weighted by Crippen LogP contribution is -1.78. The highest BCUT2D eigenvalue weighted by Gasteiger charge is 2.11. The summed E-state index contributed by atoms with van der Waals surface area (Å²) in [7, 11) is 0. The molecule has 17 heavy (non-hydrogen) atoms. The predicted molar refractivity (Wildman–Crippen MR) is 61.1 cm³/mol. The van der Waals surface area contributed by atoms with Crippen LogP contribution in [0, 0.1) is 5.82 Å². The summed E-state index contributed by atoms with van der Waals surface area (Å²) in [5.41, 5.74) is 1.40. The van der Waals surface area contributed by atoms with Gasteiger partial charge in [-0.3, -0.25) is 0 Å². The lowest BCUT2D eigenvalue weighted by molar-refractivity contribution is 0.466. The third-order valence-electron chi connectivity index (χ3n) is 2.47. The van der Waals surface area contributed by atoms with E-state index in [-0.39, 0.29) is 11.6 Å². The molecule has 84 valence electrons. The summed E-state index contributed by atoms with van der Waals surface area (Å²) >= 11 is 0. The molecule has 0 aliphatic heterocycles. The first-order chi connectivity index (χ1) is 8.24. The Bertz CT molecular complexity index is 691. The number of aromatic nitrogens is 1. The number of fused-ring (bicyclic) bond motifs is 1. The maximum absolute atomic E-state index is 13.1. The standard InChI is InChI=1S/C13H8FNO2/c14-9-4-1-3-8(7-9)13-15-10-5-2-6-11(16)12(10)17-13/h1-7,16H. The number of nitrogens with zero attached hydrogens (tertiary/aromatic N) is 1. The van der Waals surface area contributed by atoms with Crippen molar-refractivity contribution in [3.8, 4) is 17.2 Å². The number of benzene rings is 2. The van der Waals surface area contributed by atoms with Gasteiger partial charge in [-0.15, -0.1) is 0 Å². The van der Waals surface area contributed by atoms with Gasteiger partial charge in [0.2, 0.25) is 5.89 Å². The van der Waals surface area contributed by atoms with Gasteiger partial charge in [0.15, 0.2) is 11.3 Å². The molecule has 0 aliphatic rings. The van der Waals surface area contributed by atoms with Gasteiger partial charge in [-0.25, -0.2) is 9.37 Å². The maximum atomic E-state index is 13.1. The average Bonchev–Trinajstić information content (AvgIpc) is 2.74. The molecule has 0 fully saturated rings. The predicted octanol–water partition coefficient (Wildman–Crippen LogP) is 3.34. The van der Waals surface area contributed by atoms with Crippen molar-refractivity contribution in [2.24, 2.45) is 0 Å². The molecule has 1 N–H and O–H groups in total. The number of phenols is 1. The van der Waals surface area contributed by atoms with Gasteiger partial charge in [0.1, 0.15) is 11.3 Å². The summed E-state index contributed by atoms with van der Waals surface area (Å²) in [5.74, 6) is -0.0346. The first kappa shape index (κ1) is 9.84. The number of phenolic OH excluding ortho intramolecular Hbond substituents is 1. The van der Waals surface area contributed by atoms with Crippen LogP contribution in [0.5, 0.6) is 5.75 Å². The van der Waals surface area contributed by atoms with Crippen LogP contribution in [0.15, 0.2) is 46.9 Å². The lowest BCUT2D eigenvalue weighted by Gasteiger charge is -1.94. The van der Waals surface area contributed by atoms with Gasteiger partial charge in [-0.05, 0) is 30.3 Å². The molecule has 0 aliphatic carbocycles. The van der Waals surface area contributed by atoms with E-state index in [1.54, 1.807) is 24.3 Å². The fourth-order valence-corrected chi connectivity index (χ4v) is 1.68. The maximum Gasteiger partial charge on any atom is 0.227 e. The molecule has 4 heteroatoms. The Morgan fingerprint density at radius 2 is 1.94 bits per heavy atom. The second kappa shape index (κ2) is 3.59. The van der Waals surface area contributed by atoms with Crippen LogP contribution in [0.3, 0.4) is 0 Å². The van der Waals surface area contributed by atoms with E-state index < -0.39 is 0 Å². The smallest absolute Gasteiger partial charge is 0.227 e. The molecule has 0 amide bonds. The second-order valence-electron chi connectivity index (χ2n) is 3.65. The van der Waals surface area contributed by atoms with Gasteiger partial charge in [0.25, 0.3) is 0 Å². The van der Waals surface area contributed by atoms with E-state index >= 15 is 0 Å². The van der Waals surface area contributed by atoms with Crippen molar-refractivity contribution in [1.29, 1.82) is 0 Å². The minimum Gasteiger partial charge on any atom is -0.504 e. The third-order valence-corrected chi connectivity index (χ3v) is 2.47. The molecule has 0 atom stereocenters. The van der Waals surface area contributed by atoms with E-state index in [2.05, 4.69) is 4.98 Å². The highest BCUT2D eigenvalue weighted by atomic mass is 19.1. The molecular weight excluding hydrogens is 221 g/mol. The summed E-state index contributed by atoms with van der Waals surface area (Å²) in [4.78, 5) is 4.19. The van der Waals surface area contributed by atoms with Crippen LogP contribution in [0.2, 0.25) is 0 Å². The minimum atomic E-state index is -0.353. The van der Waals surface area contributed by atoms with E-state index in [0.717, 1.165) is 0 Å². The Morgan fingerprint density at radius 1 is 1.12 bits per heavy atom. The van der Waals surface area contributed by atoms with E-state index in [0.29, 0.717) is 22.6 Å². The van der Waals surface area contributed by atoms with E-state index in [1.807, 2.05) is 0 Å². The van der Waals surface area contributed by atoms with Crippen molar-refractivity contribution in [1.82, 2.24) is 4.98 Å². The Morgan fingerprint density at radius 3 is 2.71 bits per heavy atom. The largest absolute Gasteiger partial charge is 0.504 e. The van der Waals surface area contributed by atoms with Crippen molar-refractivity contribution >= 4 is 11.1 Å². The van der Waals surface area contributed by atoms with Crippen molar-refractivity contribution in [2.45, 2.75) is 0 Å². The molecule has 1 heterocycles. The van der Waals surface area contributed by atoms with Crippen molar-refractivity contribution in [3.05, 3.63) is 48.3 Å². The van der Waals surface area contributed by atoms with Crippen molar-refractivity contribution in [3.63, 3.8) is 0 Å². The molecule has 0 spiro atoms. The monoisotopic (exact) mass is 229 g/mol. The van der Waals surface area contributed by atoms with Gasteiger partial charge < -0.3 is 9.52 Å². The van der Waals surface area contributed by atoms with Crippen LogP contribution in [0.4, 0.5) is 4.39 Å². The van der Waals surface area contributed by atoms with Crippen LogP contribution < -0.4 is 0 Å². The molecule has 0 saturated carbocycles. The summed E-state index contributed by atoms with van der Waals surface area (Å²) < 4.78 is 18.5. The second-order valence-corrected chi connectivity index (χ2v) is 3.65. The Balaban J connectivity index is 2.22. The quantitative estimate of drug-likeness (QED) is 0.696. The average molecular weight is 229 g/mol. The molecule has 0 radical (unpaired) electrons. The van der Waals surface area contributed by atoms with Crippen LogP contribution in [0.1, 0.15) is 0 Å². The number of para-hydroxylation sites is 1. The Hall–Kier alpha value is -2.36. The molecule has 3 nitrogen and oxygen atoms in total. The zero-order chi connectivity index (χ0) is 11.8. The van der Waals surface area contributed by atoms with Gasteiger partial charge in [-0.2, -0.15) is 0 Å².